The van der Waals surface area contributed by atoms with Crippen LogP contribution in [0.15, 0.2) is 24.5 Å². The summed E-state index contributed by atoms with van der Waals surface area (Å²) in [6, 6.07) is 1.60. The average Bonchev–Trinajstić information content (AvgIpc) is 3.31. The number of hydroxylamine groups is 1. The molecule has 3 aromatic heterocycles. The molecule has 182 valence electrons. The van der Waals surface area contributed by atoms with E-state index >= 15 is 0 Å². The highest BCUT2D eigenvalue weighted by atomic mass is 35.5. The molecule has 0 saturated heterocycles. The highest BCUT2D eigenvalue weighted by Gasteiger charge is 2.60. The molecule has 0 aromatic carbocycles. The van der Waals surface area contributed by atoms with Gasteiger partial charge in [-0.05, 0) is 13.0 Å². The number of hydrogen-bond donors (Lipinski definition) is 2. The SMILES string of the molecule is C#CCONC(=O)c1ncc(NC(=O)N2C[C@@](C)(C(F)(F)F)c3c2cnc2cc(Cl)nn32)cc1Cl. The molecule has 0 bridgehead atoms. The smallest absolute Gasteiger partial charge is 0.306 e. The molecule has 35 heavy (non-hydrogen) atoms. The maximum Gasteiger partial charge on any atom is 0.401 e. The summed E-state index contributed by atoms with van der Waals surface area (Å²) in [7, 11) is 0. The Kier molecular flexibility index (Phi) is 6.22. The summed E-state index contributed by atoms with van der Waals surface area (Å²) < 4.78 is 43.5. The molecule has 0 unspecified atom stereocenters. The molecule has 0 radical (unpaired) electrons. The fraction of sp³-hybridized carbons (Fsp3) is 0.250. The molecule has 10 nitrogen and oxygen atoms in total. The first kappa shape index (κ1) is 24.5. The molecule has 3 aromatic rings. The normalized spacial score (nSPS) is 17.2. The van der Waals surface area contributed by atoms with Crippen LogP contribution in [0.25, 0.3) is 5.65 Å². The van der Waals surface area contributed by atoms with Crippen LogP contribution in [0.2, 0.25) is 10.2 Å². The lowest BCUT2D eigenvalue weighted by Gasteiger charge is -2.28. The van der Waals surface area contributed by atoms with Gasteiger partial charge in [0, 0.05) is 12.6 Å². The Balaban J connectivity index is 1.63. The van der Waals surface area contributed by atoms with Crippen molar-refractivity contribution in [3.05, 3.63) is 46.1 Å². The highest BCUT2D eigenvalue weighted by molar-refractivity contribution is 6.33. The highest BCUT2D eigenvalue weighted by Crippen LogP contribution is 2.50. The van der Waals surface area contributed by atoms with Crippen LogP contribution in [0.3, 0.4) is 0 Å². The Labute approximate surface area is 205 Å². The fourth-order valence-electron chi connectivity index (χ4n) is 3.55. The second kappa shape index (κ2) is 8.88. The number of aromatic nitrogens is 4. The average molecular weight is 528 g/mol. The summed E-state index contributed by atoms with van der Waals surface area (Å²) in [5.41, 5.74) is -0.907. The Morgan fingerprint density at radius 3 is 2.69 bits per heavy atom. The van der Waals surface area contributed by atoms with Crippen LogP contribution in [0, 0.1) is 12.3 Å². The van der Waals surface area contributed by atoms with E-state index in [1.807, 2.05) is 5.48 Å². The molecule has 0 fully saturated rings. The number of terminal acetylenes is 1. The number of pyridine rings is 1. The molecule has 0 saturated carbocycles. The van der Waals surface area contributed by atoms with Crippen LogP contribution < -0.4 is 15.7 Å². The molecule has 3 amide bonds. The van der Waals surface area contributed by atoms with Gasteiger partial charge in [-0.25, -0.2) is 24.8 Å². The van der Waals surface area contributed by atoms with E-state index in [-0.39, 0.29) is 45.2 Å². The zero-order valence-corrected chi connectivity index (χ0v) is 19.2. The standard InChI is InChI=1S/C20H14Cl2F3N7O3/c1-3-4-35-30-17(33)15-11(21)5-10(7-27-15)28-18(34)31-9-19(2,20(23,24)25)16-12(31)8-26-14-6-13(22)29-32(14)16/h1,5-8H,4,9H2,2H3,(H,28,34)(H,30,33)/t19-/m1/s1. The number of carbonyl (C=O) groups excluding carboxylic acids is 2. The van der Waals surface area contributed by atoms with Crippen molar-refractivity contribution in [2.24, 2.45) is 0 Å². The summed E-state index contributed by atoms with van der Waals surface area (Å²) in [4.78, 5) is 38.5. The maximum atomic E-state index is 14.2. The molecule has 15 heteroatoms. The zero-order valence-electron chi connectivity index (χ0n) is 17.7. The lowest BCUT2D eigenvalue weighted by atomic mass is 9.88. The van der Waals surface area contributed by atoms with Crippen LogP contribution >= 0.6 is 23.2 Å². The maximum absolute atomic E-state index is 14.2. The lowest BCUT2D eigenvalue weighted by Crippen LogP contribution is -2.46. The number of rotatable bonds is 4. The Morgan fingerprint density at radius 1 is 1.29 bits per heavy atom. The van der Waals surface area contributed by atoms with E-state index in [4.69, 9.17) is 34.5 Å². The topological polar surface area (TPSA) is 114 Å². The number of amides is 3. The zero-order chi connectivity index (χ0) is 25.5. The first-order valence-corrected chi connectivity index (χ1v) is 10.4. The number of urea groups is 1. The first-order valence-electron chi connectivity index (χ1n) is 9.67. The minimum absolute atomic E-state index is 0.0272. The molecule has 4 heterocycles. The molecule has 1 aliphatic heterocycles. The monoisotopic (exact) mass is 527 g/mol. The number of anilines is 2. The van der Waals surface area contributed by atoms with Crippen molar-refractivity contribution in [3.63, 3.8) is 0 Å². The Hall–Kier alpha value is -3.60. The van der Waals surface area contributed by atoms with E-state index in [1.165, 1.54) is 12.1 Å². The molecule has 0 aliphatic carbocycles. The van der Waals surface area contributed by atoms with Crippen LogP contribution in [-0.4, -0.2) is 50.8 Å². The number of hydrogen-bond acceptors (Lipinski definition) is 6. The summed E-state index contributed by atoms with van der Waals surface area (Å²) in [6.45, 7) is 0.0316. The quantitative estimate of drug-likeness (QED) is 0.304. The van der Waals surface area contributed by atoms with Gasteiger partial charge in [-0.3, -0.25) is 14.5 Å². The van der Waals surface area contributed by atoms with Crippen LogP contribution in [0.4, 0.5) is 29.3 Å². The van der Waals surface area contributed by atoms with Gasteiger partial charge in [-0.15, -0.1) is 6.42 Å². The van der Waals surface area contributed by atoms with Gasteiger partial charge < -0.3 is 5.32 Å². The predicted octanol–water partition coefficient (Wildman–Crippen LogP) is 3.60. The van der Waals surface area contributed by atoms with Gasteiger partial charge in [0.25, 0.3) is 5.91 Å². The number of fused-ring (bicyclic) bond motifs is 3. The summed E-state index contributed by atoms with van der Waals surface area (Å²) >= 11 is 11.9. The minimum Gasteiger partial charge on any atom is -0.306 e. The van der Waals surface area contributed by atoms with Crippen molar-refractivity contribution in [1.82, 2.24) is 25.1 Å². The summed E-state index contributed by atoms with van der Waals surface area (Å²) in [6.07, 6.45) is 2.53. The van der Waals surface area contributed by atoms with E-state index in [0.717, 1.165) is 28.7 Å². The second-order valence-electron chi connectivity index (χ2n) is 7.55. The molecule has 4 rings (SSSR count). The second-order valence-corrected chi connectivity index (χ2v) is 8.35. The van der Waals surface area contributed by atoms with E-state index in [9.17, 15) is 22.8 Å². The van der Waals surface area contributed by atoms with Gasteiger partial charge in [-0.1, -0.05) is 29.1 Å². The van der Waals surface area contributed by atoms with Crippen molar-refractivity contribution in [2.75, 3.05) is 23.4 Å². The third kappa shape index (κ3) is 4.31. The van der Waals surface area contributed by atoms with E-state index in [2.05, 4.69) is 26.3 Å². The third-order valence-electron chi connectivity index (χ3n) is 5.22. The van der Waals surface area contributed by atoms with Gasteiger partial charge in [0.15, 0.2) is 10.8 Å². The minimum atomic E-state index is -4.73. The third-order valence-corrected chi connectivity index (χ3v) is 5.69. The van der Waals surface area contributed by atoms with E-state index in [0.29, 0.717) is 0 Å². The van der Waals surface area contributed by atoms with Gasteiger partial charge in [0.05, 0.1) is 34.5 Å². The number of nitrogens with zero attached hydrogens (tertiary/aromatic N) is 5. The van der Waals surface area contributed by atoms with Gasteiger partial charge in [0.1, 0.15) is 17.7 Å². The summed E-state index contributed by atoms with van der Waals surface area (Å²) in [5, 5.41) is 6.14. The summed E-state index contributed by atoms with van der Waals surface area (Å²) in [5.74, 6) is 1.36. The van der Waals surface area contributed by atoms with Crippen LogP contribution in [0.5, 0.6) is 0 Å². The van der Waals surface area contributed by atoms with Crippen LogP contribution in [0.1, 0.15) is 23.1 Å². The van der Waals surface area contributed by atoms with Crippen molar-refractivity contribution < 1.29 is 27.6 Å². The van der Waals surface area contributed by atoms with Gasteiger partial charge in [-0.2, -0.15) is 18.3 Å². The van der Waals surface area contributed by atoms with E-state index < -0.39 is 30.1 Å². The lowest BCUT2D eigenvalue weighted by molar-refractivity contribution is -0.181. The number of alkyl halides is 3. The first-order chi connectivity index (χ1) is 16.5. The van der Waals surface area contributed by atoms with Crippen molar-refractivity contribution in [2.45, 2.75) is 18.5 Å². The Morgan fingerprint density at radius 2 is 2.03 bits per heavy atom. The number of halogens is 5. The predicted molar refractivity (Wildman–Crippen MR) is 119 cm³/mol. The molecule has 2 N–H and O–H groups in total. The van der Waals surface area contributed by atoms with Crippen molar-refractivity contribution in [3.8, 4) is 12.3 Å². The molecule has 1 aliphatic rings. The van der Waals surface area contributed by atoms with Crippen molar-refractivity contribution >= 4 is 52.2 Å². The van der Waals surface area contributed by atoms with Crippen LogP contribution in [-0.2, 0) is 10.3 Å². The van der Waals surface area contributed by atoms with Crippen molar-refractivity contribution in [1.29, 1.82) is 0 Å². The molecular weight excluding hydrogens is 514 g/mol. The molecule has 0 spiro atoms. The fourth-order valence-corrected chi connectivity index (χ4v) is 3.97. The Bertz CT molecular complexity index is 1390. The number of nitrogens with one attached hydrogen (secondary N) is 2. The van der Waals surface area contributed by atoms with E-state index in [1.54, 1.807) is 0 Å². The number of carbonyl (C=O) groups is 2. The molecule has 1 atom stereocenters. The van der Waals surface area contributed by atoms with Gasteiger partial charge in [0.2, 0.25) is 0 Å². The largest absolute Gasteiger partial charge is 0.401 e. The molecular formula is C20H14Cl2F3N7O3. The van der Waals surface area contributed by atoms with Gasteiger partial charge >= 0.3 is 12.2 Å².